The first-order valence-corrected chi connectivity index (χ1v) is 13.2. The van der Waals surface area contributed by atoms with Crippen LogP contribution in [0.25, 0.3) is 76.5 Å². The van der Waals surface area contributed by atoms with Crippen LogP contribution in [0.5, 0.6) is 0 Å². The SMILES string of the molecule is c1ccc(-c2ccc(-c3cc(-c4ccc5ccccc5c4)c4ccc5cccc6ccc3c4c65)cc2)cc1. The summed E-state index contributed by atoms with van der Waals surface area (Å²) in [7, 11) is 0. The molecule has 38 heavy (non-hydrogen) atoms. The zero-order chi connectivity index (χ0) is 25.1. The predicted octanol–water partition coefficient (Wildman–Crippen LogP) is 10.7. The van der Waals surface area contributed by atoms with Crippen molar-refractivity contribution in [2.45, 2.75) is 0 Å². The van der Waals surface area contributed by atoms with E-state index in [1.165, 1.54) is 76.5 Å². The molecule has 0 heteroatoms. The first-order valence-electron chi connectivity index (χ1n) is 13.2. The number of hydrogen-bond acceptors (Lipinski definition) is 0. The van der Waals surface area contributed by atoms with Crippen LogP contribution in [0.1, 0.15) is 0 Å². The molecule has 0 saturated heterocycles. The molecule has 0 aliphatic rings. The van der Waals surface area contributed by atoms with Crippen molar-refractivity contribution in [2.24, 2.45) is 0 Å². The largest absolute Gasteiger partial charge is 0.0622 e. The Morgan fingerprint density at radius 1 is 0.263 bits per heavy atom. The maximum absolute atomic E-state index is 2.41. The minimum Gasteiger partial charge on any atom is -0.0622 e. The zero-order valence-corrected chi connectivity index (χ0v) is 20.9. The van der Waals surface area contributed by atoms with Crippen molar-refractivity contribution in [3.63, 3.8) is 0 Å². The molecule has 0 aliphatic carbocycles. The van der Waals surface area contributed by atoms with Crippen molar-refractivity contribution in [1.29, 1.82) is 0 Å². The van der Waals surface area contributed by atoms with E-state index >= 15 is 0 Å². The van der Waals surface area contributed by atoms with Crippen molar-refractivity contribution in [1.82, 2.24) is 0 Å². The molecule has 0 aliphatic heterocycles. The molecule has 0 heterocycles. The molecule has 0 spiro atoms. The molecule has 0 fully saturated rings. The Balaban J connectivity index is 1.43. The van der Waals surface area contributed by atoms with Crippen molar-refractivity contribution in [3.05, 3.63) is 146 Å². The summed E-state index contributed by atoms with van der Waals surface area (Å²) in [5.41, 5.74) is 7.53. The predicted molar refractivity (Wildman–Crippen MR) is 164 cm³/mol. The molecule has 0 bridgehead atoms. The third kappa shape index (κ3) is 3.24. The van der Waals surface area contributed by atoms with Gasteiger partial charge < -0.3 is 0 Å². The topological polar surface area (TPSA) is 0 Å². The van der Waals surface area contributed by atoms with E-state index in [1.54, 1.807) is 0 Å². The Labute approximate surface area is 221 Å². The first-order chi connectivity index (χ1) is 18.8. The maximum atomic E-state index is 2.41. The van der Waals surface area contributed by atoms with Crippen LogP contribution >= 0.6 is 0 Å². The van der Waals surface area contributed by atoms with Crippen molar-refractivity contribution >= 4 is 43.1 Å². The smallest absolute Gasteiger partial charge is 0.00143 e. The zero-order valence-electron chi connectivity index (χ0n) is 20.9. The molecular formula is C38H24. The number of benzene rings is 8. The van der Waals surface area contributed by atoms with Gasteiger partial charge in [-0.15, -0.1) is 0 Å². The average Bonchev–Trinajstić information content (AvgIpc) is 3.00. The summed E-state index contributed by atoms with van der Waals surface area (Å²) in [5, 5.41) is 10.4. The molecule has 176 valence electrons. The van der Waals surface area contributed by atoms with E-state index in [9.17, 15) is 0 Å². The quantitative estimate of drug-likeness (QED) is 0.221. The molecule has 0 nitrogen and oxygen atoms in total. The highest BCUT2D eigenvalue weighted by atomic mass is 14.2. The van der Waals surface area contributed by atoms with E-state index in [1.807, 2.05) is 0 Å². The minimum absolute atomic E-state index is 1.24. The van der Waals surface area contributed by atoms with Gasteiger partial charge in [0, 0.05) is 0 Å². The van der Waals surface area contributed by atoms with Gasteiger partial charge in [0.15, 0.2) is 0 Å². The van der Waals surface area contributed by atoms with Gasteiger partial charge in [-0.3, -0.25) is 0 Å². The molecule has 0 unspecified atom stereocenters. The first kappa shape index (κ1) is 21.2. The summed E-state index contributed by atoms with van der Waals surface area (Å²) >= 11 is 0. The van der Waals surface area contributed by atoms with Crippen molar-refractivity contribution in [2.75, 3.05) is 0 Å². The Morgan fingerprint density at radius 3 is 1.53 bits per heavy atom. The second-order valence-corrected chi connectivity index (χ2v) is 10.2. The fraction of sp³-hybridized carbons (Fsp3) is 0. The lowest BCUT2D eigenvalue weighted by atomic mass is 9.85. The summed E-state index contributed by atoms with van der Waals surface area (Å²) in [5.74, 6) is 0. The van der Waals surface area contributed by atoms with Gasteiger partial charge in [0.2, 0.25) is 0 Å². The van der Waals surface area contributed by atoms with Gasteiger partial charge in [0.05, 0.1) is 0 Å². The van der Waals surface area contributed by atoms with Gasteiger partial charge in [-0.25, -0.2) is 0 Å². The summed E-state index contributed by atoms with van der Waals surface area (Å²) < 4.78 is 0. The Hall–Kier alpha value is -4.94. The van der Waals surface area contributed by atoms with E-state index in [0.29, 0.717) is 0 Å². The van der Waals surface area contributed by atoms with Crippen LogP contribution in [0.15, 0.2) is 146 Å². The molecule has 0 atom stereocenters. The lowest BCUT2D eigenvalue weighted by molar-refractivity contribution is 1.60. The number of fused-ring (bicyclic) bond motifs is 1. The van der Waals surface area contributed by atoms with Crippen LogP contribution in [0.2, 0.25) is 0 Å². The fourth-order valence-corrected chi connectivity index (χ4v) is 6.14. The second-order valence-electron chi connectivity index (χ2n) is 10.2. The summed E-state index contributed by atoms with van der Waals surface area (Å²) in [6.07, 6.45) is 0. The van der Waals surface area contributed by atoms with E-state index in [2.05, 4.69) is 146 Å². The molecule has 0 saturated carbocycles. The molecule has 0 radical (unpaired) electrons. The maximum Gasteiger partial charge on any atom is -0.00143 e. The molecule has 0 aromatic heterocycles. The third-order valence-corrected chi connectivity index (χ3v) is 8.01. The van der Waals surface area contributed by atoms with E-state index in [0.717, 1.165) is 0 Å². The highest BCUT2D eigenvalue weighted by Crippen LogP contribution is 2.44. The van der Waals surface area contributed by atoms with Crippen LogP contribution in [0.4, 0.5) is 0 Å². The summed E-state index contributed by atoms with van der Waals surface area (Å²) in [4.78, 5) is 0. The lowest BCUT2D eigenvalue weighted by Gasteiger charge is -2.18. The van der Waals surface area contributed by atoms with Gasteiger partial charge >= 0.3 is 0 Å². The van der Waals surface area contributed by atoms with Gasteiger partial charge in [-0.1, -0.05) is 133 Å². The number of rotatable bonds is 3. The summed E-state index contributed by atoms with van der Waals surface area (Å²) in [6.45, 7) is 0. The third-order valence-electron chi connectivity index (χ3n) is 8.01. The van der Waals surface area contributed by atoms with Gasteiger partial charge in [0.25, 0.3) is 0 Å². The van der Waals surface area contributed by atoms with E-state index < -0.39 is 0 Å². The Morgan fingerprint density at radius 2 is 0.789 bits per heavy atom. The molecule has 0 amide bonds. The minimum atomic E-state index is 1.24. The Bertz CT molecular complexity index is 2080. The van der Waals surface area contributed by atoms with Crippen LogP contribution in [0, 0.1) is 0 Å². The van der Waals surface area contributed by atoms with Gasteiger partial charge in [-0.2, -0.15) is 0 Å². The molecule has 8 aromatic rings. The molecule has 8 rings (SSSR count). The summed E-state index contributed by atoms with van der Waals surface area (Å²) in [6, 6.07) is 53.4. The standard InChI is InChI=1S/C38H24/c1-2-7-25(8-3-1)27-13-16-28(17-14-27)35-24-36(32-18-15-26-9-4-5-10-31(26)23-32)34-22-20-30-12-6-11-29-19-21-33(35)38(34)37(29)30/h1-24H. The highest BCUT2D eigenvalue weighted by Gasteiger charge is 2.17. The van der Waals surface area contributed by atoms with Crippen LogP contribution < -0.4 is 0 Å². The monoisotopic (exact) mass is 480 g/mol. The molecule has 0 N–H and O–H groups in total. The lowest BCUT2D eigenvalue weighted by Crippen LogP contribution is -1.91. The van der Waals surface area contributed by atoms with Gasteiger partial charge in [-0.05, 0) is 88.6 Å². The molecular weight excluding hydrogens is 456 g/mol. The van der Waals surface area contributed by atoms with Crippen molar-refractivity contribution < 1.29 is 0 Å². The Kier molecular flexibility index (Phi) is 4.62. The fourth-order valence-electron chi connectivity index (χ4n) is 6.14. The highest BCUT2D eigenvalue weighted by molar-refractivity contribution is 6.28. The van der Waals surface area contributed by atoms with Crippen LogP contribution in [0.3, 0.4) is 0 Å². The second kappa shape index (κ2) is 8.30. The normalized spacial score (nSPS) is 11.7. The van der Waals surface area contributed by atoms with Crippen LogP contribution in [-0.2, 0) is 0 Å². The average molecular weight is 481 g/mol. The van der Waals surface area contributed by atoms with Crippen molar-refractivity contribution in [3.8, 4) is 33.4 Å². The van der Waals surface area contributed by atoms with Gasteiger partial charge in [0.1, 0.15) is 0 Å². The van der Waals surface area contributed by atoms with E-state index in [4.69, 9.17) is 0 Å². The number of hydrogen-bond donors (Lipinski definition) is 0. The van der Waals surface area contributed by atoms with Crippen LogP contribution in [-0.4, -0.2) is 0 Å². The van der Waals surface area contributed by atoms with E-state index in [-0.39, 0.29) is 0 Å². The molecule has 8 aromatic carbocycles.